The van der Waals surface area contributed by atoms with Crippen molar-refractivity contribution in [2.24, 2.45) is 0 Å². The summed E-state index contributed by atoms with van der Waals surface area (Å²) in [6.45, 7) is -0.230. The average molecular weight is 313 g/mol. The van der Waals surface area contributed by atoms with E-state index in [0.29, 0.717) is 11.2 Å². The highest BCUT2D eigenvalue weighted by Gasteiger charge is 2.43. The standard InChI is InChI=1S/C11H15N5O4S/c1-20-9-5-8(14-11(12)15-9)16(3-13-5)10-7(19)6(18)4(2-17)21-10/h3-4,6-7,10,17-19H,2H2,1H3,(H2,12,14,15). The maximum Gasteiger partial charge on any atom is 0.246 e. The van der Waals surface area contributed by atoms with Crippen LogP contribution in [0.15, 0.2) is 6.33 Å². The van der Waals surface area contributed by atoms with Crippen molar-refractivity contribution >= 4 is 28.9 Å². The molecule has 114 valence electrons. The molecular weight excluding hydrogens is 298 g/mol. The molecule has 2 aromatic heterocycles. The summed E-state index contributed by atoms with van der Waals surface area (Å²) in [6, 6.07) is 0. The third-order valence-electron chi connectivity index (χ3n) is 3.39. The molecule has 1 aliphatic rings. The molecule has 9 nitrogen and oxygen atoms in total. The van der Waals surface area contributed by atoms with Crippen LogP contribution < -0.4 is 10.5 Å². The minimum Gasteiger partial charge on any atom is -0.479 e. The second-order valence-electron chi connectivity index (χ2n) is 4.64. The van der Waals surface area contributed by atoms with Crippen molar-refractivity contribution in [2.45, 2.75) is 22.8 Å². The third-order valence-corrected chi connectivity index (χ3v) is 4.95. The molecule has 2 aromatic rings. The fourth-order valence-electron chi connectivity index (χ4n) is 2.35. The molecule has 10 heteroatoms. The lowest BCUT2D eigenvalue weighted by atomic mass is 10.1. The van der Waals surface area contributed by atoms with Gasteiger partial charge in [0.05, 0.1) is 31.4 Å². The van der Waals surface area contributed by atoms with E-state index >= 15 is 0 Å². The highest BCUT2D eigenvalue weighted by atomic mass is 32.2. The predicted octanol–water partition coefficient (Wildman–Crippen LogP) is -1.25. The number of methoxy groups -OCH3 is 1. The van der Waals surface area contributed by atoms with Gasteiger partial charge in [-0.25, -0.2) is 4.98 Å². The van der Waals surface area contributed by atoms with Gasteiger partial charge in [-0.15, -0.1) is 11.8 Å². The van der Waals surface area contributed by atoms with Crippen molar-refractivity contribution in [3.63, 3.8) is 0 Å². The van der Waals surface area contributed by atoms with Crippen LogP contribution >= 0.6 is 11.8 Å². The molecule has 1 fully saturated rings. The first-order valence-corrected chi connectivity index (χ1v) is 7.17. The fraction of sp³-hybridized carbons (Fsp3) is 0.545. The predicted molar refractivity (Wildman–Crippen MR) is 75.8 cm³/mol. The summed E-state index contributed by atoms with van der Waals surface area (Å²) in [5.41, 5.74) is 6.46. The molecule has 1 saturated heterocycles. The quantitative estimate of drug-likeness (QED) is 0.547. The van der Waals surface area contributed by atoms with Crippen molar-refractivity contribution in [3.05, 3.63) is 6.33 Å². The average Bonchev–Trinajstić information content (AvgIpc) is 3.01. The number of thioether (sulfide) groups is 1. The topological polar surface area (TPSA) is 140 Å². The zero-order valence-electron chi connectivity index (χ0n) is 11.1. The normalized spacial score (nSPS) is 29.1. The Bertz CT molecular complexity index is 665. The van der Waals surface area contributed by atoms with Gasteiger partial charge in [0.25, 0.3) is 0 Å². The molecule has 3 rings (SSSR count). The maximum absolute atomic E-state index is 10.1. The third kappa shape index (κ3) is 2.20. The van der Waals surface area contributed by atoms with Gasteiger partial charge in [-0.05, 0) is 0 Å². The molecule has 0 radical (unpaired) electrons. The van der Waals surface area contributed by atoms with Crippen LogP contribution in [0.25, 0.3) is 11.2 Å². The van der Waals surface area contributed by atoms with Crippen molar-refractivity contribution in [3.8, 4) is 5.88 Å². The first-order valence-electron chi connectivity index (χ1n) is 6.23. The van der Waals surface area contributed by atoms with Crippen LogP contribution in [0.5, 0.6) is 5.88 Å². The van der Waals surface area contributed by atoms with E-state index < -0.39 is 22.8 Å². The van der Waals surface area contributed by atoms with Gasteiger partial charge >= 0.3 is 0 Å². The van der Waals surface area contributed by atoms with Crippen molar-refractivity contribution < 1.29 is 20.1 Å². The van der Waals surface area contributed by atoms with Crippen LogP contribution in [-0.4, -0.2) is 66.0 Å². The van der Waals surface area contributed by atoms with Crippen LogP contribution in [-0.2, 0) is 0 Å². The summed E-state index contributed by atoms with van der Waals surface area (Å²) in [5.74, 6) is 0.269. The van der Waals surface area contributed by atoms with Crippen molar-refractivity contribution in [1.82, 2.24) is 19.5 Å². The van der Waals surface area contributed by atoms with Crippen LogP contribution in [0.1, 0.15) is 5.37 Å². The highest BCUT2D eigenvalue weighted by molar-refractivity contribution is 8.00. The van der Waals surface area contributed by atoms with Gasteiger partial charge in [-0.3, -0.25) is 4.57 Å². The second-order valence-corrected chi connectivity index (χ2v) is 6.00. The first kappa shape index (κ1) is 14.3. The first-order chi connectivity index (χ1) is 10.1. The van der Waals surface area contributed by atoms with E-state index in [1.165, 1.54) is 25.2 Å². The van der Waals surface area contributed by atoms with Gasteiger partial charge in [0.15, 0.2) is 11.2 Å². The number of aromatic nitrogens is 4. The van der Waals surface area contributed by atoms with Crippen molar-refractivity contribution in [2.75, 3.05) is 19.5 Å². The summed E-state index contributed by atoms with van der Waals surface area (Å²) in [6.07, 6.45) is -0.593. The Morgan fingerprint density at radius 1 is 1.38 bits per heavy atom. The van der Waals surface area contributed by atoms with Crippen LogP contribution in [0, 0.1) is 0 Å². The Hall–Kier alpha value is -1.62. The molecule has 1 aliphatic heterocycles. The number of nitrogen functional groups attached to an aromatic ring is 1. The number of anilines is 1. The number of ether oxygens (including phenoxy) is 1. The zero-order chi connectivity index (χ0) is 15.1. The van der Waals surface area contributed by atoms with E-state index in [-0.39, 0.29) is 18.4 Å². The number of imidazole rings is 1. The number of hydrogen-bond acceptors (Lipinski definition) is 9. The number of nitrogens with zero attached hydrogens (tertiary/aromatic N) is 4. The van der Waals surface area contributed by atoms with Gasteiger partial charge in [0.2, 0.25) is 11.8 Å². The molecule has 0 aromatic carbocycles. The molecule has 5 N–H and O–H groups in total. The van der Waals surface area contributed by atoms with Gasteiger partial charge in [0, 0.05) is 0 Å². The number of hydrogen-bond donors (Lipinski definition) is 4. The summed E-state index contributed by atoms with van der Waals surface area (Å²) in [7, 11) is 1.45. The molecule has 0 spiro atoms. The van der Waals surface area contributed by atoms with Gasteiger partial charge < -0.3 is 25.8 Å². The van der Waals surface area contributed by atoms with Crippen LogP contribution in [0.4, 0.5) is 5.95 Å². The molecule has 4 atom stereocenters. The smallest absolute Gasteiger partial charge is 0.246 e. The lowest BCUT2D eigenvalue weighted by Crippen LogP contribution is -2.32. The van der Waals surface area contributed by atoms with E-state index in [4.69, 9.17) is 10.5 Å². The molecule has 0 saturated carbocycles. The summed E-state index contributed by atoms with van der Waals surface area (Å²) in [5, 5.41) is 28.3. The van der Waals surface area contributed by atoms with E-state index in [2.05, 4.69) is 15.0 Å². The Kier molecular flexibility index (Phi) is 3.61. The van der Waals surface area contributed by atoms with Gasteiger partial charge in [-0.2, -0.15) is 9.97 Å². The largest absolute Gasteiger partial charge is 0.479 e. The second kappa shape index (κ2) is 5.30. The zero-order valence-corrected chi connectivity index (χ0v) is 11.9. The van der Waals surface area contributed by atoms with E-state index in [9.17, 15) is 15.3 Å². The van der Waals surface area contributed by atoms with Crippen LogP contribution in [0.3, 0.4) is 0 Å². The highest BCUT2D eigenvalue weighted by Crippen LogP contribution is 2.43. The number of fused-ring (bicyclic) bond motifs is 1. The van der Waals surface area contributed by atoms with Gasteiger partial charge in [0.1, 0.15) is 11.5 Å². The number of aliphatic hydroxyl groups excluding tert-OH is 3. The number of rotatable bonds is 3. The number of nitrogens with two attached hydrogens (primary N) is 1. The number of aliphatic hydroxyl groups is 3. The van der Waals surface area contributed by atoms with E-state index in [1.807, 2.05) is 0 Å². The minimum absolute atomic E-state index is 0.0258. The molecular formula is C11H15N5O4S. The summed E-state index contributed by atoms with van der Waals surface area (Å²) >= 11 is 1.25. The maximum atomic E-state index is 10.1. The Balaban J connectivity index is 2.07. The summed E-state index contributed by atoms with van der Waals surface area (Å²) < 4.78 is 6.71. The summed E-state index contributed by atoms with van der Waals surface area (Å²) in [4.78, 5) is 12.2. The Morgan fingerprint density at radius 3 is 2.76 bits per heavy atom. The van der Waals surface area contributed by atoms with Gasteiger partial charge in [-0.1, -0.05) is 0 Å². The molecule has 0 aliphatic carbocycles. The SMILES string of the molecule is COc1nc(N)nc2c1ncn2C1SC(CO)C(O)C1O. The van der Waals surface area contributed by atoms with Crippen molar-refractivity contribution in [1.29, 1.82) is 0 Å². The lowest BCUT2D eigenvalue weighted by molar-refractivity contribution is 0.0113. The molecule has 0 amide bonds. The molecule has 21 heavy (non-hydrogen) atoms. The fourth-order valence-corrected chi connectivity index (χ4v) is 3.72. The minimum atomic E-state index is -1.05. The monoisotopic (exact) mass is 313 g/mol. The van der Waals surface area contributed by atoms with E-state index in [1.54, 1.807) is 4.57 Å². The molecule has 3 heterocycles. The van der Waals surface area contributed by atoms with E-state index in [0.717, 1.165) is 0 Å². The molecule has 0 bridgehead atoms. The molecule has 4 unspecified atom stereocenters. The Labute approximate surface area is 123 Å². The Morgan fingerprint density at radius 2 is 2.14 bits per heavy atom. The lowest BCUT2D eigenvalue weighted by Gasteiger charge is -2.17. The van der Waals surface area contributed by atoms with Crippen LogP contribution in [0.2, 0.25) is 0 Å².